The first kappa shape index (κ1) is 32.9. The third-order valence-electron chi connectivity index (χ3n) is 8.02. The molecule has 7 nitrogen and oxygen atoms in total. The second kappa shape index (κ2) is 14.4. The lowest BCUT2D eigenvalue weighted by Crippen LogP contribution is -2.40. The van der Waals surface area contributed by atoms with Gasteiger partial charge in [0.25, 0.3) is 5.56 Å². The number of benzene rings is 4. The second-order valence-corrected chi connectivity index (χ2v) is 13.4. The van der Waals surface area contributed by atoms with Crippen molar-refractivity contribution in [2.24, 2.45) is 4.99 Å². The predicted molar refractivity (Wildman–Crippen MR) is 191 cm³/mol. The quantitative estimate of drug-likeness (QED) is 0.150. The highest BCUT2D eigenvalue weighted by Crippen LogP contribution is 2.36. The molecular weight excluding hydrogens is 686 g/mol. The maximum atomic E-state index is 14.3. The summed E-state index contributed by atoms with van der Waals surface area (Å²) in [7, 11) is 0. The molecule has 0 unspecified atom stereocenters. The number of ether oxygens (including phenoxy) is 2. The Bertz CT molecular complexity index is 2230. The van der Waals surface area contributed by atoms with Gasteiger partial charge in [0, 0.05) is 5.56 Å². The minimum atomic E-state index is -0.733. The highest BCUT2D eigenvalue weighted by Gasteiger charge is 2.35. The zero-order chi connectivity index (χ0) is 33.8. The van der Waals surface area contributed by atoms with E-state index in [1.807, 2.05) is 91.0 Å². The van der Waals surface area contributed by atoms with Gasteiger partial charge in [-0.3, -0.25) is 9.36 Å². The van der Waals surface area contributed by atoms with E-state index in [0.29, 0.717) is 44.4 Å². The van der Waals surface area contributed by atoms with Crippen molar-refractivity contribution in [3.8, 4) is 11.8 Å². The van der Waals surface area contributed by atoms with Crippen molar-refractivity contribution in [1.29, 1.82) is 5.26 Å². The first-order chi connectivity index (χ1) is 23.3. The number of fused-ring (bicyclic) bond motifs is 1. The molecule has 0 aliphatic carbocycles. The molecule has 9 heteroatoms. The zero-order valence-electron chi connectivity index (χ0n) is 26.6. The van der Waals surface area contributed by atoms with Gasteiger partial charge < -0.3 is 9.47 Å². The smallest absolute Gasteiger partial charge is 0.338 e. The van der Waals surface area contributed by atoms with Gasteiger partial charge in [0.15, 0.2) is 4.80 Å². The lowest BCUT2D eigenvalue weighted by molar-refractivity contribution is -0.138. The molecule has 0 spiro atoms. The van der Waals surface area contributed by atoms with Gasteiger partial charge in [0.2, 0.25) is 0 Å². The van der Waals surface area contributed by atoms with E-state index in [1.54, 1.807) is 23.6 Å². The van der Waals surface area contributed by atoms with Crippen molar-refractivity contribution in [2.45, 2.75) is 39.3 Å². The van der Waals surface area contributed by atoms with E-state index in [2.05, 4.69) is 35.8 Å². The van der Waals surface area contributed by atoms with Crippen molar-refractivity contribution in [1.82, 2.24) is 4.57 Å². The Morgan fingerprint density at radius 1 is 1.04 bits per heavy atom. The molecule has 5 aromatic rings. The van der Waals surface area contributed by atoms with Crippen molar-refractivity contribution in [3.05, 3.63) is 160 Å². The summed E-state index contributed by atoms with van der Waals surface area (Å²) in [6.45, 7) is 6.55. The van der Waals surface area contributed by atoms with E-state index < -0.39 is 12.0 Å². The summed E-state index contributed by atoms with van der Waals surface area (Å²) in [5, 5.41) is 9.04. The predicted octanol–water partition coefficient (Wildman–Crippen LogP) is 7.27. The molecule has 0 fully saturated rings. The van der Waals surface area contributed by atoms with Crippen LogP contribution in [0, 0.1) is 11.3 Å². The van der Waals surface area contributed by atoms with Gasteiger partial charge in [0.05, 0.1) is 44.6 Å². The van der Waals surface area contributed by atoms with Gasteiger partial charge in [-0.15, -0.1) is 0 Å². The summed E-state index contributed by atoms with van der Waals surface area (Å²) in [4.78, 5) is 33.4. The lowest BCUT2D eigenvalue weighted by atomic mass is 9.91. The van der Waals surface area contributed by atoms with Crippen LogP contribution in [-0.2, 0) is 16.1 Å². The fraction of sp³-hybridized carbons (Fsp3) is 0.179. The molecule has 240 valence electrons. The number of nitriles is 1. The Balaban J connectivity index is 1.44. The summed E-state index contributed by atoms with van der Waals surface area (Å²) < 4.78 is 14.4. The van der Waals surface area contributed by atoms with Crippen LogP contribution in [-0.4, -0.2) is 17.1 Å². The third kappa shape index (κ3) is 6.82. The number of carbonyl (C=O) groups excluding carboxylic acids is 1. The number of hydrogen-bond donors (Lipinski definition) is 0. The molecule has 1 aromatic heterocycles. The monoisotopic (exact) mass is 717 g/mol. The Morgan fingerprint density at radius 2 is 1.77 bits per heavy atom. The fourth-order valence-corrected chi connectivity index (χ4v) is 7.04. The number of halogens is 1. The molecule has 0 radical (unpaired) electrons. The summed E-state index contributed by atoms with van der Waals surface area (Å²) in [6.07, 6.45) is 1.83. The van der Waals surface area contributed by atoms with Crippen molar-refractivity contribution in [3.63, 3.8) is 0 Å². The van der Waals surface area contributed by atoms with Crippen molar-refractivity contribution < 1.29 is 14.3 Å². The molecule has 1 atom stereocenters. The first-order valence-corrected chi connectivity index (χ1v) is 17.2. The van der Waals surface area contributed by atoms with Gasteiger partial charge in [-0.25, -0.2) is 9.79 Å². The summed E-state index contributed by atoms with van der Waals surface area (Å²) in [6, 6.07) is 31.9. The molecule has 1 aliphatic heterocycles. The van der Waals surface area contributed by atoms with E-state index >= 15 is 0 Å². The summed E-state index contributed by atoms with van der Waals surface area (Å²) in [5.74, 6) is 0.468. The minimum absolute atomic E-state index is 0.190. The minimum Gasteiger partial charge on any atom is -0.488 e. The largest absolute Gasteiger partial charge is 0.488 e. The first-order valence-electron chi connectivity index (χ1n) is 15.6. The Morgan fingerprint density at radius 3 is 2.42 bits per heavy atom. The van der Waals surface area contributed by atoms with E-state index in [0.717, 1.165) is 32.3 Å². The topological polar surface area (TPSA) is 93.7 Å². The fourth-order valence-electron chi connectivity index (χ4n) is 5.53. The SMILES string of the molecule is CCOC(=O)C1=C(c2ccccc2)N=c2s/c(=C\c3ccc(OCc4ccc(C#N)cc4)c(Br)c3)c(=O)n2[C@H]1c1ccc(C(C)C)cc1. The summed E-state index contributed by atoms with van der Waals surface area (Å²) in [5.41, 5.74) is 5.62. The van der Waals surface area contributed by atoms with Gasteiger partial charge in [-0.2, -0.15) is 5.26 Å². The Kier molecular flexibility index (Phi) is 9.85. The van der Waals surface area contributed by atoms with Gasteiger partial charge >= 0.3 is 5.97 Å². The highest BCUT2D eigenvalue weighted by atomic mass is 79.9. The molecule has 0 saturated heterocycles. The van der Waals surface area contributed by atoms with Crippen molar-refractivity contribution >= 4 is 45.0 Å². The second-order valence-electron chi connectivity index (χ2n) is 11.5. The van der Waals surface area contributed by atoms with Crippen LogP contribution in [0.25, 0.3) is 11.8 Å². The molecule has 48 heavy (non-hydrogen) atoms. The van der Waals surface area contributed by atoms with Crippen LogP contribution in [0.4, 0.5) is 0 Å². The number of hydrogen-bond acceptors (Lipinski definition) is 7. The van der Waals surface area contributed by atoms with Crippen LogP contribution in [0.2, 0.25) is 0 Å². The molecule has 4 aromatic carbocycles. The van der Waals surface area contributed by atoms with E-state index in [4.69, 9.17) is 19.7 Å². The molecular formula is C39H32BrN3O4S. The van der Waals surface area contributed by atoms with Crippen LogP contribution < -0.4 is 19.6 Å². The molecule has 0 bridgehead atoms. The van der Waals surface area contributed by atoms with Gasteiger partial charge in [0.1, 0.15) is 12.4 Å². The zero-order valence-corrected chi connectivity index (χ0v) is 29.0. The molecule has 0 N–H and O–H groups in total. The molecule has 2 heterocycles. The van der Waals surface area contributed by atoms with E-state index in [9.17, 15) is 9.59 Å². The average Bonchev–Trinajstić information content (AvgIpc) is 3.41. The third-order valence-corrected chi connectivity index (χ3v) is 9.63. The number of aromatic nitrogens is 1. The Labute approximate surface area is 290 Å². The van der Waals surface area contributed by atoms with Crippen LogP contribution in [0.3, 0.4) is 0 Å². The number of thiazole rings is 1. The number of carbonyl (C=O) groups is 1. The Hall–Kier alpha value is -5.04. The van der Waals surface area contributed by atoms with E-state index in [1.165, 1.54) is 11.3 Å². The standard InChI is InChI=1S/C39H32BrN3O4S/c1-4-46-38(45)34-35(29-8-6-5-7-9-29)42-39-43(36(34)30-17-15-28(16-18-30)24(2)3)37(44)33(48-39)21-27-14-19-32(31(40)20-27)47-23-26-12-10-25(22-41)11-13-26/h5-21,24,36H,4,23H2,1-3H3/b33-21-/t36-/m0/s1. The van der Waals surface area contributed by atoms with Gasteiger partial charge in [-0.05, 0) is 81.4 Å². The number of esters is 1. The van der Waals surface area contributed by atoms with Crippen LogP contribution >= 0.6 is 27.3 Å². The number of rotatable bonds is 9. The number of nitrogens with zero attached hydrogens (tertiary/aromatic N) is 3. The normalized spacial score (nSPS) is 14.3. The summed E-state index contributed by atoms with van der Waals surface area (Å²) >= 11 is 4.90. The average molecular weight is 719 g/mol. The highest BCUT2D eigenvalue weighted by molar-refractivity contribution is 9.10. The van der Waals surface area contributed by atoms with Crippen LogP contribution in [0.1, 0.15) is 66.1 Å². The maximum Gasteiger partial charge on any atom is 0.338 e. The molecule has 0 saturated carbocycles. The molecule has 1 aliphatic rings. The lowest BCUT2D eigenvalue weighted by Gasteiger charge is -2.26. The van der Waals surface area contributed by atoms with Gasteiger partial charge in [-0.1, -0.05) is 98.0 Å². The van der Waals surface area contributed by atoms with Crippen LogP contribution in [0.15, 0.2) is 117 Å². The van der Waals surface area contributed by atoms with Crippen molar-refractivity contribution in [2.75, 3.05) is 6.61 Å². The maximum absolute atomic E-state index is 14.3. The van der Waals surface area contributed by atoms with E-state index in [-0.39, 0.29) is 12.2 Å². The molecule has 0 amide bonds. The molecule has 6 rings (SSSR count). The van der Waals surface area contributed by atoms with Crippen LogP contribution in [0.5, 0.6) is 5.75 Å².